The van der Waals surface area contributed by atoms with Crippen LogP contribution in [0.25, 0.3) is 10.9 Å². The Morgan fingerprint density at radius 3 is 2.43 bits per heavy atom. The third-order valence-corrected chi connectivity index (χ3v) is 3.91. The molecule has 0 bridgehead atoms. The van der Waals surface area contributed by atoms with Crippen LogP contribution in [0.5, 0.6) is 0 Å². The van der Waals surface area contributed by atoms with Crippen molar-refractivity contribution in [2.24, 2.45) is 0 Å². The van der Waals surface area contributed by atoms with Crippen LogP contribution < -0.4 is 0 Å². The Morgan fingerprint density at radius 2 is 1.78 bits per heavy atom. The van der Waals surface area contributed by atoms with Crippen LogP contribution in [0.4, 0.5) is 0 Å². The zero-order chi connectivity index (χ0) is 16.6. The SMILES string of the molecule is CC(C(=O)O)n1nc(C(=O)c2ccc(Cl)cc2)c2ccccc21. The van der Waals surface area contributed by atoms with E-state index in [2.05, 4.69) is 5.10 Å². The number of ketones is 1. The summed E-state index contributed by atoms with van der Waals surface area (Å²) in [5, 5.41) is 14.7. The molecule has 1 heterocycles. The largest absolute Gasteiger partial charge is 0.480 e. The number of hydrogen-bond donors (Lipinski definition) is 1. The van der Waals surface area contributed by atoms with Gasteiger partial charge in [-0.25, -0.2) is 4.79 Å². The number of carbonyl (C=O) groups excluding carboxylic acids is 1. The molecule has 5 nitrogen and oxygen atoms in total. The number of benzene rings is 2. The molecule has 116 valence electrons. The maximum absolute atomic E-state index is 12.7. The summed E-state index contributed by atoms with van der Waals surface area (Å²) in [6.07, 6.45) is 0. The lowest BCUT2D eigenvalue weighted by molar-refractivity contribution is -0.140. The van der Waals surface area contributed by atoms with Crippen molar-refractivity contribution in [1.29, 1.82) is 0 Å². The van der Waals surface area contributed by atoms with E-state index in [1.54, 1.807) is 48.5 Å². The minimum atomic E-state index is -1.01. The first-order valence-corrected chi connectivity index (χ1v) is 7.37. The normalized spacial score (nSPS) is 12.3. The zero-order valence-electron chi connectivity index (χ0n) is 12.2. The van der Waals surface area contributed by atoms with E-state index < -0.39 is 12.0 Å². The fraction of sp³-hybridized carbons (Fsp3) is 0.118. The molecule has 23 heavy (non-hydrogen) atoms. The van der Waals surface area contributed by atoms with Crippen LogP contribution in [0.3, 0.4) is 0 Å². The fourth-order valence-electron chi connectivity index (χ4n) is 2.39. The summed E-state index contributed by atoms with van der Waals surface area (Å²) in [7, 11) is 0. The van der Waals surface area contributed by atoms with Crippen LogP contribution in [-0.4, -0.2) is 26.6 Å². The third-order valence-electron chi connectivity index (χ3n) is 3.66. The van der Waals surface area contributed by atoms with Gasteiger partial charge in [0, 0.05) is 16.0 Å². The first kappa shape index (κ1) is 15.2. The van der Waals surface area contributed by atoms with E-state index in [-0.39, 0.29) is 11.5 Å². The molecule has 3 rings (SSSR count). The molecule has 0 saturated carbocycles. The fourth-order valence-corrected chi connectivity index (χ4v) is 2.52. The lowest BCUT2D eigenvalue weighted by Crippen LogP contribution is -2.17. The number of para-hydroxylation sites is 1. The van der Waals surface area contributed by atoms with E-state index in [0.717, 1.165) is 0 Å². The molecule has 0 aliphatic heterocycles. The molecule has 0 amide bonds. The Balaban J connectivity index is 2.16. The van der Waals surface area contributed by atoms with Gasteiger partial charge in [-0.2, -0.15) is 5.10 Å². The number of nitrogens with zero attached hydrogens (tertiary/aromatic N) is 2. The standard InChI is InChI=1S/C17H13ClN2O3/c1-10(17(22)23)20-14-5-3-2-4-13(14)15(19-20)16(21)11-6-8-12(18)9-7-11/h2-10H,1H3,(H,22,23). The Labute approximate surface area is 137 Å². The van der Waals surface area contributed by atoms with E-state index in [9.17, 15) is 14.7 Å². The summed E-state index contributed by atoms with van der Waals surface area (Å²) < 4.78 is 1.36. The highest BCUT2D eigenvalue weighted by Crippen LogP contribution is 2.24. The number of hydrogen-bond acceptors (Lipinski definition) is 3. The van der Waals surface area contributed by atoms with Gasteiger partial charge in [0.15, 0.2) is 0 Å². The summed E-state index contributed by atoms with van der Waals surface area (Å²) in [6, 6.07) is 12.7. The summed E-state index contributed by atoms with van der Waals surface area (Å²) in [5.74, 6) is -1.28. The van der Waals surface area contributed by atoms with Crippen LogP contribution in [0.15, 0.2) is 48.5 Å². The molecule has 2 aromatic carbocycles. The highest BCUT2D eigenvalue weighted by atomic mass is 35.5. The molecule has 1 atom stereocenters. The number of halogens is 1. The first-order chi connectivity index (χ1) is 11.0. The summed E-state index contributed by atoms with van der Waals surface area (Å²) >= 11 is 5.84. The smallest absolute Gasteiger partial charge is 0.328 e. The predicted molar refractivity (Wildman–Crippen MR) is 87.0 cm³/mol. The van der Waals surface area contributed by atoms with Crippen molar-refractivity contribution < 1.29 is 14.7 Å². The van der Waals surface area contributed by atoms with Crippen molar-refractivity contribution in [1.82, 2.24) is 9.78 Å². The van der Waals surface area contributed by atoms with Crippen LogP contribution in [0, 0.1) is 0 Å². The third kappa shape index (κ3) is 2.71. The minimum absolute atomic E-state index is 0.232. The van der Waals surface area contributed by atoms with E-state index in [1.807, 2.05) is 0 Å². The molecule has 3 aromatic rings. The molecule has 0 fully saturated rings. The molecule has 0 aliphatic rings. The van der Waals surface area contributed by atoms with Crippen LogP contribution in [0.1, 0.15) is 29.0 Å². The van der Waals surface area contributed by atoms with Crippen molar-refractivity contribution >= 4 is 34.3 Å². The van der Waals surface area contributed by atoms with Crippen molar-refractivity contribution in [2.75, 3.05) is 0 Å². The Hall–Kier alpha value is -2.66. The van der Waals surface area contributed by atoms with Gasteiger partial charge in [0.25, 0.3) is 0 Å². The number of rotatable bonds is 4. The Morgan fingerprint density at radius 1 is 1.13 bits per heavy atom. The molecule has 0 radical (unpaired) electrons. The highest BCUT2D eigenvalue weighted by molar-refractivity contribution is 6.30. The van der Waals surface area contributed by atoms with Gasteiger partial charge >= 0.3 is 5.97 Å². The van der Waals surface area contributed by atoms with Crippen molar-refractivity contribution in [3.63, 3.8) is 0 Å². The van der Waals surface area contributed by atoms with Gasteiger partial charge in [-0.15, -0.1) is 0 Å². The van der Waals surface area contributed by atoms with Crippen LogP contribution in [0.2, 0.25) is 5.02 Å². The van der Waals surface area contributed by atoms with Gasteiger partial charge in [-0.05, 0) is 37.3 Å². The maximum Gasteiger partial charge on any atom is 0.328 e. The van der Waals surface area contributed by atoms with Gasteiger partial charge in [0.05, 0.1) is 5.52 Å². The number of carboxylic acids is 1. The first-order valence-electron chi connectivity index (χ1n) is 6.99. The summed E-state index contributed by atoms with van der Waals surface area (Å²) in [4.78, 5) is 24.0. The molecular formula is C17H13ClN2O3. The average molecular weight is 329 g/mol. The molecular weight excluding hydrogens is 316 g/mol. The van der Waals surface area contributed by atoms with Gasteiger partial charge in [-0.1, -0.05) is 29.8 Å². The minimum Gasteiger partial charge on any atom is -0.480 e. The quantitative estimate of drug-likeness (QED) is 0.743. The molecule has 1 unspecified atom stereocenters. The molecule has 1 N–H and O–H groups in total. The lowest BCUT2D eigenvalue weighted by Gasteiger charge is -2.07. The monoisotopic (exact) mass is 328 g/mol. The molecule has 1 aromatic heterocycles. The van der Waals surface area contributed by atoms with Crippen molar-refractivity contribution in [3.8, 4) is 0 Å². The van der Waals surface area contributed by atoms with E-state index in [4.69, 9.17) is 11.6 Å². The van der Waals surface area contributed by atoms with E-state index in [0.29, 0.717) is 21.5 Å². The summed E-state index contributed by atoms with van der Waals surface area (Å²) in [5.41, 5.74) is 1.29. The van der Waals surface area contributed by atoms with E-state index >= 15 is 0 Å². The second-order valence-corrected chi connectivity index (χ2v) is 5.60. The molecule has 0 aliphatic carbocycles. The van der Waals surface area contributed by atoms with Gasteiger partial charge in [-0.3, -0.25) is 9.48 Å². The van der Waals surface area contributed by atoms with Crippen LogP contribution in [-0.2, 0) is 4.79 Å². The van der Waals surface area contributed by atoms with Crippen LogP contribution >= 0.6 is 11.6 Å². The van der Waals surface area contributed by atoms with Crippen molar-refractivity contribution in [3.05, 3.63) is 64.8 Å². The number of fused-ring (bicyclic) bond motifs is 1. The summed E-state index contributed by atoms with van der Waals surface area (Å²) in [6.45, 7) is 1.53. The number of aliphatic carboxylic acids is 1. The van der Waals surface area contributed by atoms with Crippen molar-refractivity contribution in [2.45, 2.75) is 13.0 Å². The lowest BCUT2D eigenvalue weighted by atomic mass is 10.1. The number of carbonyl (C=O) groups is 2. The maximum atomic E-state index is 12.7. The number of aromatic nitrogens is 2. The predicted octanol–water partition coefficient (Wildman–Crippen LogP) is 3.57. The molecule has 6 heteroatoms. The topological polar surface area (TPSA) is 72.2 Å². The molecule has 0 spiro atoms. The highest BCUT2D eigenvalue weighted by Gasteiger charge is 2.23. The van der Waals surface area contributed by atoms with Gasteiger partial charge in [0.2, 0.25) is 5.78 Å². The van der Waals surface area contributed by atoms with E-state index in [1.165, 1.54) is 11.6 Å². The average Bonchev–Trinajstić information content (AvgIpc) is 2.93. The number of carboxylic acid groups (broad SMARTS) is 1. The zero-order valence-corrected chi connectivity index (χ0v) is 13.0. The Bertz CT molecular complexity index is 900. The Kier molecular flexibility index (Phi) is 3.88. The van der Waals surface area contributed by atoms with Gasteiger partial charge in [0.1, 0.15) is 11.7 Å². The molecule has 0 saturated heterocycles. The van der Waals surface area contributed by atoms with Gasteiger partial charge < -0.3 is 5.11 Å². The second kappa shape index (κ2) is 5.85. The second-order valence-electron chi connectivity index (χ2n) is 5.16.